The van der Waals surface area contributed by atoms with Crippen LogP contribution in [0, 0.1) is 0 Å². The molecule has 1 aromatic heterocycles. The fraction of sp³-hybridized carbons (Fsp3) is 0.235. The summed E-state index contributed by atoms with van der Waals surface area (Å²) in [6.45, 7) is 0. The summed E-state index contributed by atoms with van der Waals surface area (Å²) in [6, 6.07) is 9.13. The zero-order valence-electron chi connectivity index (χ0n) is 12.4. The highest BCUT2D eigenvalue weighted by atomic mass is 35.5. The van der Waals surface area contributed by atoms with Crippen LogP contribution in [0.15, 0.2) is 42.7 Å². The summed E-state index contributed by atoms with van der Waals surface area (Å²) >= 11 is 5.95. The third-order valence-electron chi connectivity index (χ3n) is 3.54. The maximum atomic E-state index is 12.1. The van der Waals surface area contributed by atoms with Crippen LogP contribution in [-0.4, -0.2) is 22.8 Å². The van der Waals surface area contributed by atoms with Crippen LogP contribution in [0.4, 0.5) is 5.69 Å². The standard InChI is InChI=1S/C17H16ClN3O2/c18-15-10-19-8-7-14(15)17(23)21-13-3-1-11(2-4-13)9-16(22)20-12-5-6-12/h1-4,7-8,10,12H,5-6,9H2,(H,20,22)(H,21,23). The van der Waals surface area contributed by atoms with Crippen molar-refractivity contribution in [3.05, 3.63) is 58.9 Å². The first-order valence-electron chi connectivity index (χ1n) is 7.41. The second-order valence-corrected chi connectivity index (χ2v) is 5.93. The molecule has 5 nitrogen and oxygen atoms in total. The summed E-state index contributed by atoms with van der Waals surface area (Å²) in [5.41, 5.74) is 1.92. The van der Waals surface area contributed by atoms with Crippen LogP contribution in [0.5, 0.6) is 0 Å². The Morgan fingerprint density at radius 3 is 2.57 bits per heavy atom. The number of carbonyl (C=O) groups is 2. The summed E-state index contributed by atoms with van der Waals surface area (Å²) in [5, 5.41) is 6.02. The highest BCUT2D eigenvalue weighted by Gasteiger charge is 2.23. The van der Waals surface area contributed by atoms with Crippen molar-refractivity contribution in [1.82, 2.24) is 10.3 Å². The number of amides is 2. The summed E-state index contributed by atoms with van der Waals surface area (Å²) < 4.78 is 0. The smallest absolute Gasteiger partial charge is 0.257 e. The minimum absolute atomic E-state index is 0.0350. The number of halogens is 1. The van der Waals surface area contributed by atoms with E-state index < -0.39 is 0 Å². The van der Waals surface area contributed by atoms with Crippen molar-refractivity contribution < 1.29 is 9.59 Å². The second-order valence-electron chi connectivity index (χ2n) is 5.53. The molecule has 0 atom stereocenters. The normalized spacial score (nSPS) is 13.4. The van der Waals surface area contributed by atoms with Crippen LogP contribution >= 0.6 is 11.6 Å². The number of hydrogen-bond acceptors (Lipinski definition) is 3. The molecule has 1 aliphatic rings. The Morgan fingerprint density at radius 2 is 1.91 bits per heavy atom. The first-order valence-corrected chi connectivity index (χ1v) is 7.79. The number of pyridine rings is 1. The molecule has 2 amide bonds. The van der Waals surface area contributed by atoms with Crippen molar-refractivity contribution in [3.8, 4) is 0 Å². The van der Waals surface area contributed by atoms with Gasteiger partial charge in [0, 0.05) is 24.1 Å². The van der Waals surface area contributed by atoms with Crippen molar-refractivity contribution >= 4 is 29.1 Å². The predicted octanol–water partition coefficient (Wildman–Crippen LogP) is 2.81. The molecule has 1 saturated carbocycles. The van der Waals surface area contributed by atoms with Crippen LogP contribution in [0.3, 0.4) is 0 Å². The largest absolute Gasteiger partial charge is 0.353 e. The van der Waals surface area contributed by atoms with E-state index in [2.05, 4.69) is 15.6 Å². The fourth-order valence-electron chi connectivity index (χ4n) is 2.16. The Labute approximate surface area is 139 Å². The van der Waals surface area contributed by atoms with Crippen LogP contribution < -0.4 is 10.6 Å². The van der Waals surface area contributed by atoms with Crippen molar-refractivity contribution in [2.24, 2.45) is 0 Å². The summed E-state index contributed by atoms with van der Waals surface area (Å²) in [7, 11) is 0. The van der Waals surface area contributed by atoms with E-state index in [0.717, 1.165) is 18.4 Å². The first kappa shape index (κ1) is 15.5. The number of carbonyl (C=O) groups excluding carboxylic acids is 2. The Morgan fingerprint density at radius 1 is 1.17 bits per heavy atom. The monoisotopic (exact) mass is 329 g/mol. The fourth-order valence-corrected chi connectivity index (χ4v) is 2.36. The molecule has 1 aromatic carbocycles. The zero-order valence-corrected chi connectivity index (χ0v) is 13.1. The van der Waals surface area contributed by atoms with E-state index in [4.69, 9.17) is 11.6 Å². The summed E-state index contributed by atoms with van der Waals surface area (Å²) in [5.74, 6) is -0.260. The van der Waals surface area contributed by atoms with Crippen LogP contribution in [0.1, 0.15) is 28.8 Å². The second kappa shape index (κ2) is 6.79. The maximum Gasteiger partial charge on any atom is 0.257 e. The quantitative estimate of drug-likeness (QED) is 0.886. The number of benzene rings is 1. The first-order chi connectivity index (χ1) is 11.1. The molecule has 6 heteroatoms. The van der Waals surface area contributed by atoms with E-state index in [1.54, 1.807) is 18.2 Å². The Kier molecular flexibility index (Phi) is 4.57. The van der Waals surface area contributed by atoms with Gasteiger partial charge in [-0.15, -0.1) is 0 Å². The Bertz CT molecular complexity index is 727. The van der Waals surface area contributed by atoms with Crippen molar-refractivity contribution in [3.63, 3.8) is 0 Å². The topological polar surface area (TPSA) is 71.1 Å². The van der Waals surface area contributed by atoms with E-state index in [1.165, 1.54) is 12.4 Å². The van der Waals surface area contributed by atoms with E-state index >= 15 is 0 Å². The molecule has 0 unspecified atom stereocenters. The predicted molar refractivity (Wildman–Crippen MR) is 88.5 cm³/mol. The highest BCUT2D eigenvalue weighted by Crippen LogP contribution is 2.19. The van der Waals surface area contributed by atoms with Crippen molar-refractivity contribution in [2.45, 2.75) is 25.3 Å². The molecule has 0 saturated heterocycles. The van der Waals surface area contributed by atoms with Gasteiger partial charge in [0.05, 0.1) is 17.0 Å². The van der Waals surface area contributed by atoms with E-state index in [0.29, 0.717) is 28.7 Å². The number of anilines is 1. The van der Waals surface area contributed by atoms with Crippen LogP contribution in [0.25, 0.3) is 0 Å². The van der Waals surface area contributed by atoms with Crippen molar-refractivity contribution in [2.75, 3.05) is 5.32 Å². The molecule has 2 N–H and O–H groups in total. The average molecular weight is 330 g/mol. The van der Waals surface area contributed by atoms with Gasteiger partial charge in [-0.1, -0.05) is 23.7 Å². The number of aromatic nitrogens is 1. The summed E-state index contributed by atoms with van der Waals surface area (Å²) in [4.78, 5) is 27.7. The van der Waals surface area contributed by atoms with Gasteiger partial charge in [0.25, 0.3) is 5.91 Å². The maximum absolute atomic E-state index is 12.1. The lowest BCUT2D eigenvalue weighted by molar-refractivity contribution is -0.120. The SMILES string of the molecule is O=C(Cc1ccc(NC(=O)c2ccncc2Cl)cc1)NC1CC1. The van der Waals surface area contributed by atoms with Gasteiger partial charge in [-0.05, 0) is 36.6 Å². The van der Waals surface area contributed by atoms with Gasteiger partial charge in [-0.25, -0.2) is 0 Å². The van der Waals surface area contributed by atoms with Gasteiger partial charge in [-0.2, -0.15) is 0 Å². The molecular formula is C17H16ClN3O2. The minimum atomic E-state index is -0.295. The van der Waals surface area contributed by atoms with Gasteiger partial charge < -0.3 is 10.6 Å². The molecule has 118 valence electrons. The molecule has 23 heavy (non-hydrogen) atoms. The number of nitrogens with zero attached hydrogens (tertiary/aromatic N) is 1. The molecule has 0 bridgehead atoms. The molecule has 1 aliphatic carbocycles. The third-order valence-corrected chi connectivity index (χ3v) is 3.84. The molecule has 2 aromatic rings. The van der Waals surface area contributed by atoms with Gasteiger partial charge in [0.1, 0.15) is 0 Å². The third kappa shape index (κ3) is 4.29. The van der Waals surface area contributed by atoms with Crippen LogP contribution in [0.2, 0.25) is 5.02 Å². The van der Waals surface area contributed by atoms with E-state index in [9.17, 15) is 9.59 Å². The molecule has 1 fully saturated rings. The lowest BCUT2D eigenvalue weighted by Gasteiger charge is -2.08. The lowest BCUT2D eigenvalue weighted by Crippen LogP contribution is -2.26. The summed E-state index contributed by atoms with van der Waals surface area (Å²) in [6.07, 6.45) is 5.45. The van der Waals surface area contributed by atoms with E-state index in [1.807, 2.05) is 12.1 Å². The Balaban J connectivity index is 1.59. The molecular weight excluding hydrogens is 314 g/mol. The van der Waals surface area contributed by atoms with Gasteiger partial charge >= 0.3 is 0 Å². The highest BCUT2D eigenvalue weighted by molar-refractivity contribution is 6.34. The van der Waals surface area contributed by atoms with Gasteiger partial charge in [-0.3, -0.25) is 14.6 Å². The van der Waals surface area contributed by atoms with Gasteiger partial charge in [0.15, 0.2) is 0 Å². The van der Waals surface area contributed by atoms with Gasteiger partial charge in [0.2, 0.25) is 5.91 Å². The van der Waals surface area contributed by atoms with E-state index in [-0.39, 0.29) is 11.8 Å². The molecule has 0 radical (unpaired) electrons. The van der Waals surface area contributed by atoms with Crippen molar-refractivity contribution in [1.29, 1.82) is 0 Å². The number of nitrogens with one attached hydrogen (secondary N) is 2. The number of hydrogen-bond donors (Lipinski definition) is 2. The number of rotatable bonds is 5. The Hall–Kier alpha value is -2.40. The minimum Gasteiger partial charge on any atom is -0.353 e. The molecule has 0 spiro atoms. The average Bonchev–Trinajstić information content (AvgIpc) is 3.33. The molecule has 3 rings (SSSR count). The van der Waals surface area contributed by atoms with Crippen LogP contribution in [-0.2, 0) is 11.2 Å². The molecule has 1 heterocycles. The lowest BCUT2D eigenvalue weighted by atomic mass is 10.1. The zero-order chi connectivity index (χ0) is 16.2. The molecule has 0 aliphatic heterocycles.